The molecule has 1 aromatic carbocycles. The fraction of sp³-hybridized carbons (Fsp3) is 0.417. The van der Waals surface area contributed by atoms with Gasteiger partial charge in [-0.25, -0.2) is 8.78 Å². The van der Waals surface area contributed by atoms with Crippen molar-refractivity contribution in [1.82, 2.24) is 0 Å². The summed E-state index contributed by atoms with van der Waals surface area (Å²) < 4.78 is 25.9. The van der Waals surface area contributed by atoms with Crippen molar-refractivity contribution in [2.75, 3.05) is 5.32 Å². The predicted molar refractivity (Wildman–Crippen MR) is 62.4 cm³/mol. The maximum atomic E-state index is 13.3. The first-order chi connectivity index (χ1) is 7.71. The Morgan fingerprint density at radius 2 is 1.94 bits per heavy atom. The minimum Gasteiger partial charge on any atom is -0.322 e. The summed E-state index contributed by atoms with van der Waals surface area (Å²) in [5.74, 6) is -2.01. The molecule has 0 saturated carbocycles. The van der Waals surface area contributed by atoms with Crippen molar-refractivity contribution in [3.05, 3.63) is 29.8 Å². The van der Waals surface area contributed by atoms with Crippen molar-refractivity contribution in [2.24, 2.45) is 11.1 Å². The lowest BCUT2D eigenvalue weighted by molar-refractivity contribution is -0.119. The van der Waals surface area contributed by atoms with Gasteiger partial charge in [-0.15, -0.1) is 0 Å². The second kappa shape index (κ2) is 4.79. The second-order valence-electron chi connectivity index (χ2n) is 4.96. The normalized spacial score (nSPS) is 13.3. The molecule has 1 amide bonds. The van der Waals surface area contributed by atoms with Gasteiger partial charge in [0, 0.05) is 6.07 Å². The number of carbonyl (C=O) groups excluding carboxylic acids is 1. The average molecular weight is 242 g/mol. The molecule has 0 aliphatic carbocycles. The summed E-state index contributed by atoms with van der Waals surface area (Å²) in [5.41, 5.74) is 5.21. The van der Waals surface area contributed by atoms with Gasteiger partial charge in [-0.05, 0) is 17.5 Å². The molecule has 0 fully saturated rings. The van der Waals surface area contributed by atoms with Gasteiger partial charge in [-0.1, -0.05) is 20.8 Å². The molecule has 1 atom stereocenters. The molecule has 1 aromatic rings. The van der Waals surface area contributed by atoms with Crippen LogP contribution in [-0.2, 0) is 4.79 Å². The van der Waals surface area contributed by atoms with Crippen molar-refractivity contribution in [3.63, 3.8) is 0 Å². The number of nitrogens with two attached hydrogens (primary N) is 1. The lowest BCUT2D eigenvalue weighted by Gasteiger charge is -2.25. The fourth-order valence-electron chi connectivity index (χ4n) is 1.19. The number of rotatable bonds is 2. The summed E-state index contributed by atoms with van der Waals surface area (Å²) in [6, 6.07) is 2.17. The van der Waals surface area contributed by atoms with Crippen molar-refractivity contribution in [1.29, 1.82) is 0 Å². The average Bonchev–Trinajstić information content (AvgIpc) is 2.19. The van der Waals surface area contributed by atoms with Crippen LogP contribution in [0.25, 0.3) is 0 Å². The Morgan fingerprint density at radius 3 is 2.41 bits per heavy atom. The summed E-state index contributed by atoms with van der Waals surface area (Å²) >= 11 is 0. The molecule has 0 radical (unpaired) electrons. The van der Waals surface area contributed by atoms with E-state index in [-0.39, 0.29) is 5.69 Å². The Bertz CT molecular complexity index is 427. The molecule has 1 rings (SSSR count). The lowest BCUT2D eigenvalue weighted by Crippen LogP contribution is -2.45. The van der Waals surface area contributed by atoms with Crippen LogP contribution in [0, 0.1) is 17.0 Å². The Morgan fingerprint density at radius 1 is 1.35 bits per heavy atom. The summed E-state index contributed by atoms with van der Waals surface area (Å²) in [6.07, 6.45) is 0. The molecule has 0 saturated heterocycles. The van der Waals surface area contributed by atoms with E-state index < -0.39 is 29.0 Å². The van der Waals surface area contributed by atoms with E-state index in [0.29, 0.717) is 6.07 Å². The van der Waals surface area contributed by atoms with E-state index in [0.717, 1.165) is 12.1 Å². The van der Waals surface area contributed by atoms with E-state index in [2.05, 4.69) is 5.32 Å². The van der Waals surface area contributed by atoms with Crippen molar-refractivity contribution in [3.8, 4) is 0 Å². The van der Waals surface area contributed by atoms with Crippen LogP contribution >= 0.6 is 0 Å². The molecule has 0 spiro atoms. The minimum atomic E-state index is -0.820. The molecule has 5 heteroatoms. The van der Waals surface area contributed by atoms with E-state index in [4.69, 9.17) is 5.73 Å². The Labute approximate surface area is 99.0 Å². The first kappa shape index (κ1) is 13.6. The molecule has 0 bridgehead atoms. The summed E-state index contributed by atoms with van der Waals surface area (Å²) in [5, 5.41) is 2.34. The number of halogens is 2. The van der Waals surface area contributed by atoms with Crippen molar-refractivity contribution >= 4 is 11.6 Å². The molecular formula is C12H16F2N2O. The standard InChI is InChI=1S/C12H16F2N2O/c1-12(2,3)10(15)11(17)16-9-5-4-7(13)6-8(9)14/h4-6,10H,15H2,1-3H3,(H,16,17)/t10-/m0/s1. The molecule has 0 aliphatic rings. The first-order valence-electron chi connectivity index (χ1n) is 5.23. The van der Waals surface area contributed by atoms with Crippen LogP contribution in [0.15, 0.2) is 18.2 Å². The Hall–Kier alpha value is -1.49. The van der Waals surface area contributed by atoms with Crippen LogP contribution in [0.2, 0.25) is 0 Å². The number of benzene rings is 1. The van der Waals surface area contributed by atoms with Crippen molar-refractivity contribution in [2.45, 2.75) is 26.8 Å². The van der Waals surface area contributed by atoms with Crippen LogP contribution in [-0.4, -0.2) is 11.9 Å². The third-order valence-corrected chi connectivity index (χ3v) is 2.40. The van der Waals surface area contributed by atoms with Gasteiger partial charge in [-0.3, -0.25) is 4.79 Å². The zero-order valence-corrected chi connectivity index (χ0v) is 10.1. The molecular weight excluding hydrogens is 226 g/mol. The molecule has 0 heterocycles. The number of hydrogen-bond acceptors (Lipinski definition) is 2. The van der Waals surface area contributed by atoms with Gasteiger partial charge in [0.25, 0.3) is 0 Å². The summed E-state index contributed by atoms with van der Waals surface area (Å²) in [6.45, 7) is 5.41. The molecule has 17 heavy (non-hydrogen) atoms. The monoisotopic (exact) mass is 242 g/mol. The van der Waals surface area contributed by atoms with E-state index >= 15 is 0 Å². The number of hydrogen-bond donors (Lipinski definition) is 2. The smallest absolute Gasteiger partial charge is 0.241 e. The van der Waals surface area contributed by atoms with Crippen LogP contribution in [0.3, 0.4) is 0 Å². The van der Waals surface area contributed by atoms with Gasteiger partial charge >= 0.3 is 0 Å². The molecule has 0 aliphatic heterocycles. The zero-order valence-electron chi connectivity index (χ0n) is 10.1. The highest BCUT2D eigenvalue weighted by molar-refractivity contribution is 5.95. The lowest BCUT2D eigenvalue weighted by atomic mass is 9.87. The van der Waals surface area contributed by atoms with Crippen molar-refractivity contribution < 1.29 is 13.6 Å². The van der Waals surface area contributed by atoms with Gasteiger partial charge in [0.2, 0.25) is 5.91 Å². The molecule has 0 aromatic heterocycles. The van der Waals surface area contributed by atoms with Crippen LogP contribution in [0.5, 0.6) is 0 Å². The molecule has 3 N–H and O–H groups in total. The number of anilines is 1. The zero-order chi connectivity index (χ0) is 13.2. The number of carbonyl (C=O) groups is 1. The minimum absolute atomic E-state index is 0.0731. The van der Waals surface area contributed by atoms with Gasteiger partial charge in [0.1, 0.15) is 11.6 Å². The summed E-state index contributed by atoms with van der Waals surface area (Å²) in [4.78, 5) is 11.7. The van der Waals surface area contributed by atoms with E-state index in [1.807, 2.05) is 0 Å². The van der Waals surface area contributed by atoms with Crippen LogP contribution in [0.4, 0.5) is 14.5 Å². The highest BCUT2D eigenvalue weighted by Crippen LogP contribution is 2.20. The Kier molecular flexibility index (Phi) is 3.83. The topological polar surface area (TPSA) is 55.1 Å². The third kappa shape index (κ3) is 3.49. The quantitative estimate of drug-likeness (QED) is 0.835. The van der Waals surface area contributed by atoms with E-state index in [1.165, 1.54) is 0 Å². The fourth-order valence-corrected chi connectivity index (χ4v) is 1.19. The SMILES string of the molecule is CC(C)(C)[C@@H](N)C(=O)Nc1ccc(F)cc1F. The third-order valence-electron chi connectivity index (χ3n) is 2.40. The van der Waals surface area contributed by atoms with E-state index in [1.54, 1.807) is 20.8 Å². The Balaban J connectivity index is 2.82. The second-order valence-corrected chi connectivity index (χ2v) is 4.96. The molecule has 3 nitrogen and oxygen atoms in total. The van der Waals surface area contributed by atoms with Crippen LogP contribution in [0.1, 0.15) is 20.8 Å². The number of nitrogens with one attached hydrogen (secondary N) is 1. The van der Waals surface area contributed by atoms with Gasteiger partial charge in [-0.2, -0.15) is 0 Å². The maximum Gasteiger partial charge on any atom is 0.241 e. The highest BCUT2D eigenvalue weighted by atomic mass is 19.1. The summed E-state index contributed by atoms with van der Waals surface area (Å²) in [7, 11) is 0. The van der Waals surface area contributed by atoms with E-state index in [9.17, 15) is 13.6 Å². The maximum absolute atomic E-state index is 13.3. The first-order valence-corrected chi connectivity index (χ1v) is 5.23. The molecule has 0 unspecified atom stereocenters. The van der Waals surface area contributed by atoms with Gasteiger partial charge in [0.05, 0.1) is 11.7 Å². The molecule has 94 valence electrons. The van der Waals surface area contributed by atoms with Gasteiger partial charge in [0.15, 0.2) is 0 Å². The largest absolute Gasteiger partial charge is 0.322 e. The predicted octanol–water partition coefficient (Wildman–Crippen LogP) is 2.28. The number of amides is 1. The van der Waals surface area contributed by atoms with Crippen LogP contribution < -0.4 is 11.1 Å². The van der Waals surface area contributed by atoms with Gasteiger partial charge < -0.3 is 11.1 Å². The highest BCUT2D eigenvalue weighted by Gasteiger charge is 2.27.